The number of ether oxygens (including phenoxy) is 2. The summed E-state index contributed by atoms with van der Waals surface area (Å²) in [6.45, 7) is 1.60. The molecular weight excluding hydrogens is 456 g/mol. The molecule has 1 aliphatic rings. The number of nitrogens with one attached hydrogen (secondary N) is 1. The van der Waals surface area contributed by atoms with Crippen LogP contribution in [0.2, 0.25) is 0 Å². The predicted octanol–water partition coefficient (Wildman–Crippen LogP) is 2.55. The monoisotopic (exact) mass is 480 g/mol. The minimum atomic E-state index is -3.01. The van der Waals surface area contributed by atoms with E-state index in [4.69, 9.17) is 9.47 Å². The Morgan fingerprint density at radius 1 is 1.24 bits per heavy atom. The molecule has 4 heterocycles. The highest BCUT2D eigenvalue weighted by atomic mass is 32.2. The van der Waals surface area contributed by atoms with Crippen molar-refractivity contribution in [3.05, 3.63) is 60.3 Å². The minimum absolute atomic E-state index is 0.0810. The van der Waals surface area contributed by atoms with Crippen LogP contribution in [-0.2, 0) is 22.8 Å². The van der Waals surface area contributed by atoms with Gasteiger partial charge in [-0.25, -0.2) is 13.4 Å². The van der Waals surface area contributed by atoms with Gasteiger partial charge in [-0.1, -0.05) is 12.1 Å². The van der Waals surface area contributed by atoms with Crippen LogP contribution >= 0.6 is 0 Å². The molecule has 0 saturated heterocycles. The fraction of sp³-hybridized carbons (Fsp3) is 0.304. The maximum atomic E-state index is 11.3. The summed E-state index contributed by atoms with van der Waals surface area (Å²) in [5, 5.41) is 11.7. The largest absolute Gasteiger partial charge is 0.493 e. The smallest absolute Gasteiger partial charge is 0.210 e. The Hall–Kier alpha value is -3.73. The Morgan fingerprint density at radius 3 is 3.03 bits per heavy atom. The predicted molar refractivity (Wildman–Crippen MR) is 127 cm³/mol. The summed E-state index contributed by atoms with van der Waals surface area (Å²) >= 11 is 0. The number of fused-ring (bicyclic) bond motifs is 2. The summed E-state index contributed by atoms with van der Waals surface area (Å²) in [7, 11) is -3.01. The van der Waals surface area contributed by atoms with Crippen LogP contribution < -0.4 is 14.8 Å². The third-order valence-corrected chi connectivity index (χ3v) is 6.59. The Bertz CT molecular complexity index is 1440. The van der Waals surface area contributed by atoms with E-state index in [2.05, 4.69) is 31.5 Å². The lowest BCUT2D eigenvalue weighted by atomic mass is 10.1. The quantitative estimate of drug-likeness (QED) is 0.360. The molecule has 34 heavy (non-hydrogen) atoms. The molecule has 4 aromatic rings. The van der Waals surface area contributed by atoms with Crippen LogP contribution in [0.3, 0.4) is 0 Å². The van der Waals surface area contributed by atoms with Gasteiger partial charge in [-0.05, 0) is 24.1 Å². The van der Waals surface area contributed by atoms with Gasteiger partial charge in [0.25, 0.3) is 0 Å². The number of hydrogen-bond donors (Lipinski definition) is 1. The molecule has 0 radical (unpaired) electrons. The first kappa shape index (κ1) is 22.1. The summed E-state index contributed by atoms with van der Waals surface area (Å²) in [5.74, 6) is 2.20. The molecular formula is C23H24N6O4S. The summed E-state index contributed by atoms with van der Waals surface area (Å²) in [6, 6.07) is 7.91. The Kier molecular flexibility index (Phi) is 6.01. The van der Waals surface area contributed by atoms with E-state index in [1.54, 1.807) is 29.3 Å². The van der Waals surface area contributed by atoms with Crippen molar-refractivity contribution >= 4 is 21.4 Å². The number of hydrogen-bond acceptors (Lipinski definition) is 9. The average Bonchev–Trinajstić information content (AvgIpc) is 3.50. The lowest BCUT2D eigenvalue weighted by molar-refractivity contribution is 0.316. The minimum Gasteiger partial charge on any atom is -0.493 e. The number of sulfone groups is 1. The topological polar surface area (TPSA) is 121 Å². The molecule has 0 amide bonds. The molecule has 176 valence electrons. The van der Waals surface area contributed by atoms with Gasteiger partial charge >= 0.3 is 0 Å². The van der Waals surface area contributed by atoms with E-state index in [1.807, 2.05) is 18.2 Å². The molecule has 0 saturated carbocycles. The van der Waals surface area contributed by atoms with Crippen molar-refractivity contribution in [2.24, 2.45) is 0 Å². The second kappa shape index (κ2) is 9.26. The summed E-state index contributed by atoms with van der Waals surface area (Å²) < 4.78 is 35.7. The first-order chi connectivity index (χ1) is 16.5. The van der Waals surface area contributed by atoms with Crippen molar-refractivity contribution in [1.82, 2.24) is 24.6 Å². The lowest BCUT2D eigenvalue weighted by Gasteiger charge is -2.12. The van der Waals surface area contributed by atoms with Gasteiger partial charge < -0.3 is 14.8 Å². The van der Waals surface area contributed by atoms with Gasteiger partial charge in [0, 0.05) is 48.3 Å². The van der Waals surface area contributed by atoms with Crippen molar-refractivity contribution in [3.8, 4) is 22.6 Å². The first-order valence-corrected chi connectivity index (χ1v) is 13.0. The molecule has 0 spiro atoms. The zero-order valence-electron chi connectivity index (χ0n) is 18.6. The number of nitrogens with zero attached hydrogens (tertiary/aromatic N) is 5. The van der Waals surface area contributed by atoms with Gasteiger partial charge in [0.15, 0.2) is 5.65 Å². The van der Waals surface area contributed by atoms with Crippen LogP contribution in [0.1, 0.15) is 17.5 Å². The zero-order valence-corrected chi connectivity index (χ0v) is 19.5. The third kappa shape index (κ3) is 4.79. The summed E-state index contributed by atoms with van der Waals surface area (Å²) in [6.07, 6.45) is 9.18. The molecule has 0 bridgehead atoms. The SMILES string of the molecule is CS(=O)(=O)CCCOc1cncc(-c2cnc(NCc3cccc4c3CCO4)n3cnnc23)c1. The molecule has 3 aromatic heterocycles. The molecule has 1 N–H and O–H groups in total. The Labute approximate surface area is 196 Å². The molecule has 5 rings (SSSR count). The number of rotatable bonds is 9. The van der Waals surface area contributed by atoms with Crippen LogP contribution in [-0.4, -0.2) is 58.2 Å². The van der Waals surface area contributed by atoms with E-state index in [0.717, 1.165) is 23.3 Å². The molecule has 11 heteroatoms. The van der Waals surface area contributed by atoms with Gasteiger partial charge in [-0.15, -0.1) is 10.2 Å². The third-order valence-electron chi connectivity index (χ3n) is 5.56. The van der Waals surface area contributed by atoms with E-state index in [1.165, 1.54) is 17.4 Å². The highest BCUT2D eigenvalue weighted by Crippen LogP contribution is 2.29. The lowest BCUT2D eigenvalue weighted by Crippen LogP contribution is -2.08. The van der Waals surface area contributed by atoms with E-state index in [0.29, 0.717) is 36.9 Å². The number of aromatic nitrogens is 5. The molecule has 1 aromatic carbocycles. The van der Waals surface area contributed by atoms with E-state index >= 15 is 0 Å². The fourth-order valence-electron chi connectivity index (χ4n) is 3.94. The molecule has 0 atom stereocenters. The maximum Gasteiger partial charge on any atom is 0.210 e. The van der Waals surface area contributed by atoms with Crippen molar-refractivity contribution in [1.29, 1.82) is 0 Å². The van der Waals surface area contributed by atoms with Crippen LogP contribution in [0.25, 0.3) is 16.8 Å². The van der Waals surface area contributed by atoms with Gasteiger partial charge in [-0.3, -0.25) is 9.38 Å². The second-order valence-electron chi connectivity index (χ2n) is 8.11. The number of benzene rings is 1. The van der Waals surface area contributed by atoms with Crippen LogP contribution in [0.15, 0.2) is 49.2 Å². The van der Waals surface area contributed by atoms with Crippen LogP contribution in [0.5, 0.6) is 11.5 Å². The fourth-order valence-corrected chi connectivity index (χ4v) is 4.59. The van der Waals surface area contributed by atoms with E-state index < -0.39 is 9.84 Å². The summed E-state index contributed by atoms with van der Waals surface area (Å²) in [5.41, 5.74) is 4.56. The molecule has 0 aliphatic carbocycles. The average molecular weight is 481 g/mol. The highest BCUT2D eigenvalue weighted by Gasteiger charge is 2.17. The van der Waals surface area contributed by atoms with E-state index in [9.17, 15) is 8.42 Å². The van der Waals surface area contributed by atoms with Gasteiger partial charge in [-0.2, -0.15) is 0 Å². The van der Waals surface area contributed by atoms with E-state index in [-0.39, 0.29) is 12.4 Å². The van der Waals surface area contributed by atoms with Crippen molar-refractivity contribution < 1.29 is 17.9 Å². The maximum absolute atomic E-state index is 11.3. The van der Waals surface area contributed by atoms with Crippen molar-refractivity contribution in [2.75, 3.05) is 30.5 Å². The highest BCUT2D eigenvalue weighted by molar-refractivity contribution is 7.90. The van der Waals surface area contributed by atoms with Crippen LogP contribution in [0, 0.1) is 0 Å². The van der Waals surface area contributed by atoms with Gasteiger partial charge in [0.05, 0.1) is 25.2 Å². The van der Waals surface area contributed by atoms with Gasteiger partial charge in [0.1, 0.15) is 27.7 Å². The molecule has 10 nitrogen and oxygen atoms in total. The molecule has 0 unspecified atom stereocenters. The molecule has 0 fully saturated rings. The van der Waals surface area contributed by atoms with Gasteiger partial charge in [0.2, 0.25) is 5.95 Å². The molecule has 1 aliphatic heterocycles. The van der Waals surface area contributed by atoms with Crippen LogP contribution in [0.4, 0.5) is 5.95 Å². The first-order valence-electron chi connectivity index (χ1n) is 10.9. The normalized spacial score (nSPS) is 13.0. The van der Waals surface area contributed by atoms with Crippen molar-refractivity contribution in [3.63, 3.8) is 0 Å². The summed E-state index contributed by atoms with van der Waals surface area (Å²) in [4.78, 5) is 8.86. The van der Waals surface area contributed by atoms with Crippen molar-refractivity contribution in [2.45, 2.75) is 19.4 Å². The number of anilines is 1. The Morgan fingerprint density at radius 2 is 2.15 bits per heavy atom. The second-order valence-corrected chi connectivity index (χ2v) is 10.4. The Balaban J connectivity index is 1.34. The number of pyridine rings is 1. The standard InChI is InChI=1S/C23H24N6O4S/c1-34(30,31)9-3-7-32-18-10-17(11-24-13-18)20-14-26-23(29-15-27-28-22(20)29)25-12-16-4-2-5-21-19(16)6-8-33-21/h2,4-5,10-11,13-15H,3,6-9,12H2,1H3,(H,25,26). The zero-order chi connectivity index (χ0) is 23.5.